The van der Waals surface area contributed by atoms with E-state index < -0.39 is 0 Å². The molecule has 0 aliphatic rings. The third-order valence-electron chi connectivity index (χ3n) is 1.11. The van der Waals surface area contributed by atoms with Crippen molar-refractivity contribution >= 4 is 6.29 Å². The molecule has 0 saturated carbocycles. The number of aldehydes is 1. The monoisotopic (exact) mass is 141 g/mol. The first-order valence-electron chi connectivity index (χ1n) is 3.53. The van der Waals surface area contributed by atoms with Crippen LogP contribution < -0.4 is 0 Å². The lowest BCUT2D eigenvalue weighted by atomic mass is 10.2. The predicted octanol–water partition coefficient (Wildman–Crippen LogP) is 1.43. The molecule has 2 heteroatoms. The second-order valence-electron chi connectivity index (χ2n) is 2.54. The van der Waals surface area contributed by atoms with Crippen LogP contribution in [0.3, 0.4) is 0 Å². The molecule has 0 aromatic heterocycles. The maximum Gasteiger partial charge on any atom is 0.147 e. The normalized spacial score (nSPS) is 11.3. The zero-order valence-electron chi connectivity index (χ0n) is 6.92. The summed E-state index contributed by atoms with van der Waals surface area (Å²) in [7, 11) is 3.83. The van der Waals surface area contributed by atoms with Crippen molar-refractivity contribution in [2.75, 3.05) is 14.1 Å². The summed E-state index contributed by atoms with van der Waals surface area (Å²) < 4.78 is 0. The lowest BCUT2D eigenvalue weighted by molar-refractivity contribution is -0.105. The molecule has 0 unspecified atom stereocenters. The molecule has 10 heavy (non-hydrogen) atoms. The van der Waals surface area contributed by atoms with Crippen molar-refractivity contribution in [3.05, 3.63) is 11.8 Å². The Morgan fingerprint density at radius 1 is 1.50 bits per heavy atom. The van der Waals surface area contributed by atoms with Crippen molar-refractivity contribution in [2.24, 2.45) is 0 Å². The standard InChI is InChI=1S/C8H15NO/c1-4-5-8(7-10)6-9(2)3/h6-7H,4-5H2,1-3H3/b8-6+. The zero-order chi connectivity index (χ0) is 7.98. The van der Waals surface area contributed by atoms with E-state index in [2.05, 4.69) is 6.92 Å². The van der Waals surface area contributed by atoms with Crippen LogP contribution in [0.1, 0.15) is 19.8 Å². The topological polar surface area (TPSA) is 20.3 Å². The molecule has 0 rings (SSSR count). The van der Waals surface area contributed by atoms with Crippen LogP contribution in [0.4, 0.5) is 0 Å². The molecule has 2 nitrogen and oxygen atoms in total. The van der Waals surface area contributed by atoms with Crippen LogP contribution in [-0.2, 0) is 4.79 Å². The molecule has 0 N–H and O–H groups in total. The third kappa shape index (κ3) is 4.13. The van der Waals surface area contributed by atoms with Gasteiger partial charge in [-0.25, -0.2) is 0 Å². The number of carbonyl (C=O) groups excluding carboxylic acids is 1. The Bertz CT molecular complexity index is 127. The van der Waals surface area contributed by atoms with Gasteiger partial charge in [0.2, 0.25) is 0 Å². The van der Waals surface area contributed by atoms with Crippen molar-refractivity contribution in [3.8, 4) is 0 Å². The largest absolute Gasteiger partial charge is 0.383 e. The van der Waals surface area contributed by atoms with E-state index in [1.165, 1.54) is 0 Å². The summed E-state index contributed by atoms with van der Waals surface area (Å²) >= 11 is 0. The Morgan fingerprint density at radius 3 is 2.40 bits per heavy atom. The van der Waals surface area contributed by atoms with Crippen LogP contribution in [0.2, 0.25) is 0 Å². The second kappa shape index (κ2) is 5.03. The molecular formula is C8H15NO. The second-order valence-corrected chi connectivity index (χ2v) is 2.54. The molecule has 0 amide bonds. The van der Waals surface area contributed by atoms with Gasteiger partial charge in [0.1, 0.15) is 6.29 Å². The number of hydrogen-bond donors (Lipinski definition) is 0. The number of rotatable bonds is 4. The van der Waals surface area contributed by atoms with Crippen molar-refractivity contribution in [3.63, 3.8) is 0 Å². The molecule has 0 fully saturated rings. The smallest absolute Gasteiger partial charge is 0.147 e. The van der Waals surface area contributed by atoms with Crippen LogP contribution in [-0.4, -0.2) is 25.3 Å². The van der Waals surface area contributed by atoms with Gasteiger partial charge in [-0.1, -0.05) is 13.3 Å². The highest BCUT2D eigenvalue weighted by atomic mass is 16.1. The van der Waals surface area contributed by atoms with E-state index in [1.807, 2.05) is 25.2 Å². The Hall–Kier alpha value is -0.790. The maximum absolute atomic E-state index is 10.3. The first-order valence-corrected chi connectivity index (χ1v) is 3.53. The number of allylic oxidation sites excluding steroid dienone is 1. The van der Waals surface area contributed by atoms with E-state index >= 15 is 0 Å². The Labute approximate surface area is 62.5 Å². The average molecular weight is 141 g/mol. The summed E-state index contributed by atoms with van der Waals surface area (Å²) in [6.45, 7) is 2.06. The molecule has 0 saturated heterocycles. The van der Waals surface area contributed by atoms with Gasteiger partial charge in [0, 0.05) is 25.9 Å². The van der Waals surface area contributed by atoms with Gasteiger partial charge in [-0.05, 0) is 6.42 Å². The Kier molecular flexibility index (Phi) is 4.63. The highest BCUT2D eigenvalue weighted by molar-refractivity contribution is 5.72. The van der Waals surface area contributed by atoms with E-state index in [0.29, 0.717) is 0 Å². The fraction of sp³-hybridized carbons (Fsp3) is 0.625. The molecule has 0 heterocycles. The van der Waals surface area contributed by atoms with Gasteiger partial charge in [0.05, 0.1) is 0 Å². The van der Waals surface area contributed by atoms with Crippen molar-refractivity contribution in [1.29, 1.82) is 0 Å². The Morgan fingerprint density at radius 2 is 2.10 bits per heavy atom. The average Bonchev–Trinajstić information content (AvgIpc) is 1.86. The van der Waals surface area contributed by atoms with Gasteiger partial charge in [-0.2, -0.15) is 0 Å². The molecule has 0 bridgehead atoms. The number of carbonyl (C=O) groups is 1. The van der Waals surface area contributed by atoms with E-state index in [0.717, 1.165) is 24.7 Å². The van der Waals surface area contributed by atoms with Crippen molar-refractivity contribution in [2.45, 2.75) is 19.8 Å². The van der Waals surface area contributed by atoms with Crippen LogP contribution >= 0.6 is 0 Å². The molecule has 0 aromatic carbocycles. The molecule has 58 valence electrons. The molecular weight excluding hydrogens is 126 g/mol. The van der Waals surface area contributed by atoms with E-state index in [9.17, 15) is 4.79 Å². The van der Waals surface area contributed by atoms with Crippen molar-refractivity contribution in [1.82, 2.24) is 4.90 Å². The summed E-state index contributed by atoms with van der Waals surface area (Å²) in [4.78, 5) is 12.2. The lowest BCUT2D eigenvalue weighted by Crippen LogP contribution is -2.03. The number of hydrogen-bond acceptors (Lipinski definition) is 2. The van der Waals surface area contributed by atoms with Gasteiger partial charge in [-0.15, -0.1) is 0 Å². The number of nitrogens with zero attached hydrogens (tertiary/aromatic N) is 1. The van der Waals surface area contributed by atoms with Crippen molar-refractivity contribution < 1.29 is 4.79 Å². The molecule has 0 aliphatic carbocycles. The van der Waals surface area contributed by atoms with Gasteiger partial charge >= 0.3 is 0 Å². The molecule has 0 aliphatic heterocycles. The minimum Gasteiger partial charge on any atom is -0.383 e. The fourth-order valence-electron chi connectivity index (χ4n) is 0.774. The van der Waals surface area contributed by atoms with Gasteiger partial charge in [-0.3, -0.25) is 4.79 Å². The third-order valence-corrected chi connectivity index (χ3v) is 1.11. The van der Waals surface area contributed by atoms with E-state index in [1.54, 1.807) is 0 Å². The van der Waals surface area contributed by atoms with Gasteiger partial charge in [0.15, 0.2) is 0 Å². The quantitative estimate of drug-likeness (QED) is 0.436. The summed E-state index contributed by atoms with van der Waals surface area (Å²) in [6, 6.07) is 0. The summed E-state index contributed by atoms with van der Waals surface area (Å²) in [6.07, 6.45) is 4.68. The summed E-state index contributed by atoms with van der Waals surface area (Å²) in [5.74, 6) is 0. The predicted molar refractivity (Wildman–Crippen MR) is 42.7 cm³/mol. The van der Waals surface area contributed by atoms with E-state index in [-0.39, 0.29) is 0 Å². The molecule has 0 aromatic rings. The first kappa shape index (κ1) is 9.21. The highest BCUT2D eigenvalue weighted by Crippen LogP contribution is 2.00. The van der Waals surface area contributed by atoms with Gasteiger partial charge in [0.25, 0.3) is 0 Å². The maximum atomic E-state index is 10.3. The van der Waals surface area contributed by atoms with E-state index in [4.69, 9.17) is 0 Å². The SMILES string of the molecule is CCC/C(C=O)=C\N(C)C. The van der Waals surface area contributed by atoms with Crippen LogP contribution in [0.5, 0.6) is 0 Å². The minimum atomic E-state index is 0.868. The minimum absolute atomic E-state index is 0.868. The molecule has 0 radical (unpaired) electrons. The highest BCUT2D eigenvalue weighted by Gasteiger charge is 1.92. The van der Waals surface area contributed by atoms with Crippen LogP contribution in [0, 0.1) is 0 Å². The molecule has 0 spiro atoms. The zero-order valence-corrected chi connectivity index (χ0v) is 6.92. The van der Waals surface area contributed by atoms with Crippen LogP contribution in [0.15, 0.2) is 11.8 Å². The molecule has 0 atom stereocenters. The van der Waals surface area contributed by atoms with Crippen LogP contribution in [0.25, 0.3) is 0 Å². The summed E-state index contributed by atoms with van der Waals surface area (Å²) in [5.41, 5.74) is 0.868. The summed E-state index contributed by atoms with van der Waals surface area (Å²) in [5, 5.41) is 0. The lowest BCUT2D eigenvalue weighted by Gasteiger charge is -2.05. The fourth-order valence-corrected chi connectivity index (χ4v) is 0.774. The van der Waals surface area contributed by atoms with Gasteiger partial charge < -0.3 is 4.90 Å². The Balaban J connectivity index is 3.90. The first-order chi connectivity index (χ1) is 4.70.